The zero-order valence-electron chi connectivity index (χ0n) is 12.3. The van der Waals surface area contributed by atoms with Crippen LogP contribution in [0.25, 0.3) is 11.3 Å². The van der Waals surface area contributed by atoms with Crippen LogP contribution >= 0.6 is 0 Å². The molecule has 1 fully saturated rings. The van der Waals surface area contributed by atoms with E-state index in [1.165, 1.54) is 0 Å². The maximum absolute atomic E-state index is 12.2. The highest BCUT2D eigenvalue weighted by molar-refractivity contribution is 5.93. The first kappa shape index (κ1) is 13.5. The summed E-state index contributed by atoms with van der Waals surface area (Å²) in [5.41, 5.74) is 3.74. The summed E-state index contributed by atoms with van der Waals surface area (Å²) in [5, 5.41) is 3.43. The number of nitrogens with one attached hydrogen (secondary N) is 1. The minimum atomic E-state index is -0.201. The lowest BCUT2D eigenvalue weighted by Crippen LogP contribution is -2.42. The van der Waals surface area contributed by atoms with Gasteiger partial charge >= 0.3 is 5.97 Å². The zero-order chi connectivity index (χ0) is 14.9. The molecule has 1 N–H and O–H groups in total. The van der Waals surface area contributed by atoms with Gasteiger partial charge in [0.2, 0.25) is 0 Å². The number of hydrogen-bond donors (Lipinski definition) is 1. The van der Waals surface area contributed by atoms with Gasteiger partial charge in [-0.15, -0.1) is 0 Å². The Kier molecular flexibility index (Phi) is 3.39. The molecule has 4 heteroatoms. The lowest BCUT2D eigenvalue weighted by atomic mass is 9.92. The van der Waals surface area contributed by atoms with E-state index in [2.05, 4.69) is 16.4 Å². The third-order valence-electron chi connectivity index (χ3n) is 4.51. The molecular weight excluding hydrogens is 276 g/mol. The molecule has 0 radical (unpaired) electrons. The number of rotatable bonds is 2. The van der Waals surface area contributed by atoms with E-state index in [0.717, 1.165) is 42.6 Å². The van der Waals surface area contributed by atoms with Gasteiger partial charge in [0, 0.05) is 24.2 Å². The quantitative estimate of drug-likeness (QED) is 0.865. The molecule has 0 spiro atoms. The van der Waals surface area contributed by atoms with Gasteiger partial charge in [0.05, 0.1) is 11.3 Å². The van der Waals surface area contributed by atoms with Crippen molar-refractivity contribution >= 4 is 5.97 Å². The number of cyclic esters (lactones) is 1. The Balaban J connectivity index is 1.67. The molecule has 4 rings (SSSR count). The first-order valence-electron chi connectivity index (χ1n) is 7.80. The molecule has 2 aliphatic heterocycles. The summed E-state index contributed by atoms with van der Waals surface area (Å²) in [6.45, 7) is 1.01. The Morgan fingerprint density at radius 3 is 2.95 bits per heavy atom. The van der Waals surface area contributed by atoms with Crippen molar-refractivity contribution in [1.29, 1.82) is 0 Å². The van der Waals surface area contributed by atoms with E-state index in [1.807, 2.05) is 30.3 Å². The summed E-state index contributed by atoms with van der Waals surface area (Å²) in [5.74, 6) is -0.201. The average molecular weight is 294 g/mol. The Morgan fingerprint density at radius 2 is 2.18 bits per heavy atom. The van der Waals surface area contributed by atoms with Crippen LogP contribution in [-0.4, -0.2) is 29.6 Å². The number of esters is 1. The van der Waals surface area contributed by atoms with Gasteiger partial charge in [-0.2, -0.15) is 0 Å². The zero-order valence-corrected chi connectivity index (χ0v) is 12.3. The number of fused-ring (bicyclic) bond motifs is 1. The standard InChI is InChI=1S/C18H18N2O2/c21-18-14-7-6-12(15-4-1-2-8-19-15)10-13(14)11-17(22-18)16-5-3-9-20-16/h1-2,4,6-8,10,16-17,20H,3,5,9,11H2/t16-,17+/m0/s1. The highest BCUT2D eigenvalue weighted by Crippen LogP contribution is 2.28. The van der Waals surface area contributed by atoms with Crippen molar-refractivity contribution in [2.24, 2.45) is 0 Å². The number of nitrogens with zero attached hydrogens (tertiary/aromatic N) is 1. The number of carbonyl (C=O) groups excluding carboxylic acids is 1. The van der Waals surface area contributed by atoms with Crippen LogP contribution in [0.5, 0.6) is 0 Å². The second-order valence-electron chi connectivity index (χ2n) is 5.94. The Bertz CT molecular complexity index is 693. The third kappa shape index (κ3) is 2.40. The van der Waals surface area contributed by atoms with E-state index in [0.29, 0.717) is 5.56 Å². The van der Waals surface area contributed by atoms with Crippen LogP contribution in [0.15, 0.2) is 42.6 Å². The highest BCUT2D eigenvalue weighted by Gasteiger charge is 2.33. The first-order valence-corrected chi connectivity index (χ1v) is 7.80. The highest BCUT2D eigenvalue weighted by atomic mass is 16.5. The largest absolute Gasteiger partial charge is 0.457 e. The summed E-state index contributed by atoms with van der Waals surface area (Å²) in [6.07, 6.45) is 4.74. The molecule has 1 aromatic carbocycles. The maximum Gasteiger partial charge on any atom is 0.338 e. The van der Waals surface area contributed by atoms with Crippen LogP contribution in [0, 0.1) is 0 Å². The van der Waals surface area contributed by atoms with Crippen molar-refractivity contribution in [1.82, 2.24) is 10.3 Å². The SMILES string of the molecule is O=C1O[C@@H]([C@@H]2CCCN2)Cc2cc(-c3ccccn3)ccc21. The average Bonchev–Trinajstić information content (AvgIpc) is 3.09. The van der Waals surface area contributed by atoms with Crippen molar-refractivity contribution in [2.75, 3.05) is 6.54 Å². The molecule has 0 aliphatic carbocycles. The smallest absolute Gasteiger partial charge is 0.338 e. The summed E-state index contributed by atoms with van der Waals surface area (Å²) in [6, 6.07) is 12.0. The number of carbonyl (C=O) groups is 1. The van der Waals surface area contributed by atoms with E-state index < -0.39 is 0 Å². The minimum Gasteiger partial charge on any atom is -0.457 e. The molecule has 2 aromatic rings. The number of ether oxygens (including phenoxy) is 1. The molecule has 0 saturated carbocycles. The van der Waals surface area contributed by atoms with E-state index in [9.17, 15) is 4.79 Å². The van der Waals surface area contributed by atoms with Gasteiger partial charge in [0.15, 0.2) is 0 Å². The lowest BCUT2D eigenvalue weighted by molar-refractivity contribution is 0.0173. The fourth-order valence-corrected chi connectivity index (χ4v) is 3.37. The van der Waals surface area contributed by atoms with E-state index in [1.54, 1.807) is 6.20 Å². The van der Waals surface area contributed by atoms with Gasteiger partial charge < -0.3 is 10.1 Å². The van der Waals surface area contributed by atoms with Crippen LogP contribution in [0.3, 0.4) is 0 Å². The molecule has 1 aromatic heterocycles. The molecule has 0 unspecified atom stereocenters. The van der Waals surface area contributed by atoms with Gasteiger partial charge in [-0.25, -0.2) is 4.79 Å². The fourth-order valence-electron chi connectivity index (χ4n) is 3.37. The van der Waals surface area contributed by atoms with Crippen LogP contribution in [0.1, 0.15) is 28.8 Å². The minimum absolute atomic E-state index is 0.0542. The van der Waals surface area contributed by atoms with Crippen molar-refractivity contribution < 1.29 is 9.53 Å². The van der Waals surface area contributed by atoms with Crippen LogP contribution in [0.4, 0.5) is 0 Å². The van der Waals surface area contributed by atoms with Gasteiger partial charge in [0.25, 0.3) is 0 Å². The summed E-state index contributed by atoms with van der Waals surface area (Å²) in [7, 11) is 0. The summed E-state index contributed by atoms with van der Waals surface area (Å²) < 4.78 is 5.63. The van der Waals surface area contributed by atoms with Crippen molar-refractivity contribution in [3.63, 3.8) is 0 Å². The normalized spacial score (nSPS) is 23.9. The molecule has 0 bridgehead atoms. The van der Waals surface area contributed by atoms with Crippen LogP contribution in [0.2, 0.25) is 0 Å². The molecule has 0 amide bonds. The predicted molar refractivity (Wildman–Crippen MR) is 83.6 cm³/mol. The molecule has 2 atom stereocenters. The molecule has 4 nitrogen and oxygen atoms in total. The van der Waals surface area contributed by atoms with Crippen LogP contribution < -0.4 is 5.32 Å². The predicted octanol–water partition coefficient (Wildman–Crippen LogP) is 2.58. The second-order valence-corrected chi connectivity index (χ2v) is 5.94. The van der Waals surface area contributed by atoms with Gasteiger partial charge in [-0.05, 0) is 49.2 Å². The van der Waals surface area contributed by atoms with Gasteiger partial charge in [-0.3, -0.25) is 4.98 Å². The maximum atomic E-state index is 12.2. The molecular formula is C18H18N2O2. The number of hydrogen-bond acceptors (Lipinski definition) is 4. The Labute approximate surface area is 129 Å². The second kappa shape index (κ2) is 5.54. The van der Waals surface area contributed by atoms with Crippen molar-refractivity contribution in [2.45, 2.75) is 31.4 Å². The van der Waals surface area contributed by atoms with E-state index in [-0.39, 0.29) is 18.1 Å². The van der Waals surface area contributed by atoms with Crippen LogP contribution in [-0.2, 0) is 11.2 Å². The topological polar surface area (TPSA) is 51.2 Å². The van der Waals surface area contributed by atoms with Crippen molar-refractivity contribution in [3.05, 3.63) is 53.7 Å². The summed E-state index contributed by atoms with van der Waals surface area (Å²) in [4.78, 5) is 16.6. The number of pyridine rings is 1. The Hall–Kier alpha value is -2.20. The first-order chi connectivity index (χ1) is 10.8. The van der Waals surface area contributed by atoms with Gasteiger partial charge in [0.1, 0.15) is 6.10 Å². The van der Waals surface area contributed by atoms with E-state index in [4.69, 9.17) is 4.74 Å². The van der Waals surface area contributed by atoms with Gasteiger partial charge in [-0.1, -0.05) is 12.1 Å². The summed E-state index contributed by atoms with van der Waals surface area (Å²) >= 11 is 0. The molecule has 3 heterocycles. The number of benzene rings is 1. The number of aromatic nitrogens is 1. The molecule has 1 saturated heterocycles. The van der Waals surface area contributed by atoms with E-state index >= 15 is 0 Å². The van der Waals surface area contributed by atoms with Crippen molar-refractivity contribution in [3.8, 4) is 11.3 Å². The molecule has 112 valence electrons. The fraction of sp³-hybridized carbons (Fsp3) is 0.333. The third-order valence-corrected chi connectivity index (χ3v) is 4.51. The molecule has 22 heavy (non-hydrogen) atoms. The monoisotopic (exact) mass is 294 g/mol. The lowest BCUT2D eigenvalue weighted by Gasteiger charge is -2.29. The Morgan fingerprint density at radius 1 is 1.23 bits per heavy atom. The molecule has 2 aliphatic rings.